The Bertz CT molecular complexity index is 313. The van der Waals surface area contributed by atoms with Gasteiger partial charge in [0, 0.05) is 18.8 Å². The van der Waals surface area contributed by atoms with E-state index in [9.17, 15) is 8.42 Å². The van der Waals surface area contributed by atoms with Gasteiger partial charge in [0.25, 0.3) is 0 Å². The Morgan fingerprint density at radius 3 is 2.53 bits per heavy atom. The molecule has 0 saturated carbocycles. The summed E-state index contributed by atoms with van der Waals surface area (Å²) in [5, 5.41) is 2.81. The van der Waals surface area contributed by atoms with Crippen molar-refractivity contribution in [1.82, 2.24) is 5.32 Å². The summed E-state index contributed by atoms with van der Waals surface area (Å²) in [5.74, 6) is 0.617. The van der Waals surface area contributed by atoms with Crippen molar-refractivity contribution in [3.63, 3.8) is 0 Å². The first kappa shape index (κ1) is 16.2. The zero-order valence-corrected chi connectivity index (χ0v) is 11.7. The van der Waals surface area contributed by atoms with Crippen LogP contribution >= 0.6 is 0 Å². The lowest BCUT2D eigenvalue weighted by Crippen LogP contribution is -2.35. The average molecular weight is 263 g/mol. The standard InChI is InChI=1S/C11H25N3O2S/c1-3-5-6-7-8-13-11(12)14-9-10-17(15,16)4-2/h3-10H2,1-2H3,(H3,12,13,14). The van der Waals surface area contributed by atoms with Gasteiger partial charge in [0.1, 0.15) is 0 Å². The van der Waals surface area contributed by atoms with E-state index in [4.69, 9.17) is 5.73 Å². The summed E-state index contributed by atoms with van der Waals surface area (Å²) in [6, 6.07) is 0. The van der Waals surface area contributed by atoms with Gasteiger partial charge in [-0.2, -0.15) is 0 Å². The molecule has 0 heterocycles. The largest absolute Gasteiger partial charge is 0.370 e. The molecule has 0 aliphatic heterocycles. The van der Waals surface area contributed by atoms with Crippen molar-refractivity contribution in [2.75, 3.05) is 24.6 Å². The number of aliphatic imine (C=N–C) groups is 1. The molecule has 0 radical (unpaired) electrons. The van der Waals surface area contributed by atoms with Crippen molar-refractivity contribution < 1.29 is 8.42 Å². The highest BCUT2D eigenvalue weighted by atomic mass is 32.2. The van der Waals surface area contributed by atoms with E-state index in [-0.39, 0.29) is 11.5 Å². The number of hydrogen-bond donors (Lipinski definition) is 2. The fourth-order valence-electron chi connectivity index (χ4n) is 1.27. The molecule has 0 aliphatic carbocycles. The van der Waals surface area contributed by atoms with Crippen molar-refractivity contribution >= 4 is 15.8 Å². The van der Waals surface area contributed by atoms with Crippen LogP contribution in [0.15, 0.2) is 4.99 Å². The molecule has 0 spiro atoms. The lowest BCUT2D eigenvalue weighted by molar-refractivity contribution is 0.596. The zero-order valence-electron chi connectivity index (χ0n) is 10.9. The smallest absolute Gasteiger partial charge is 0.188 e. The van der Waals surface area contributed by atoms with E-state index in [2.05, 4.69) is 17.2 Å². The van der Waals surface area contributed by atoms with Crippen LogP contribution in [0.3, 0.4) is 0 Å². The number of nitrogens with zero attached hydrogens (tertiary/aromatic N) is 1. The van der Waals surface area contributed by atoms with Crippen LogP contribution in [0.25, 0.3) is 0 Å². The zero-order chi connectivity index (χ0) is 13.1. The minimum absolute atomic E-state index is 0.107. The quantitative estimate of drug-likeness (QED) is 0.368. The predicted octanol–water partition coefficient (Wildman–Crippen LogP) is 0.906. The Kier molecular flexibility index (Phi) is 8.85. The number of unbranched alkanes of at least 4 members (excludes halogenated alkanes) is 3. The first-order chi connectivity index (χ1) is 8.02. The van der Waals surface area contributed by atoms with Gasteiger partial charge in [-0.15, -0.1) is 0 Å². The molecule has 0 aliphatic rings. The van der Waals surface area contributed by atoms with E-state index in [0.29, 0.717) is 19.0 Å². The summed E-state index contributed by atoms with van der Waals surface area (Å²) < 4.78 is 22.4. The molecule has 0 aromatic carbocycles. The second-order valence-electron chi connectivity index (χ2n) is 3.99. The van der Waals surface area contributed by atoms with E-state index in [1.54, 1.807) is 6.92 Å². The van der Waals surface area contributed by atoms with Crippen molar-refractivity contribution in [1.29, 1.82) is 0 Å². The van der Waals surface area contributed by atoms with Crippen molar-refractivity contribution in [3.8, 4) is 0 Å². The Morgan fingerprint density at radius 2 is 1.94 bits per heavy atom. The van der Waals surface area contributed by atoms with E-state index in [1.165, 1.54) is 12.8 Å². The summed E-state index contributed by atoms with van der Waals surface area (Å²) in [4.78, 5) is 4.13. The van der Waals surface area contributed by atoms with E-state index >= 15 is 0 Å². The van der Waals surface area contributed by atoms with Crippen LogP contribution in [0.1, 0.15) is 39.5 Å². The van der Waals surface area contributed by atoms with Crippen molar-refractivity contribution in [3.05, 3.63) is 0 Å². The third-order valence-electron chi connectivity index (χ3n) is 2.45. The molecule has 5 nitrogen and oxygen atoms in total. The maximum Gasteiger partial charge on any atom is 0.188 e. The molecular formula is C11H25N3O2S. The van der Waals surface area contributed by atoms with Crippen molar-refractivity contribution in [2.45, 2.75) is 39.5 Å². The number of sulfone groups is 1. The Hall–Kier alpha value is -0.780. The van der Waals surface area contributed by atoms with Crippen LogP contribution in [-0.4, -0.2) is 39.0 Å². The molecule has 0 bridgehead atoms. The summed E-state index contributed by atoms with van der Waals surface area (Å²) >= 11 is 0. The van der Waals surface area contributed by atoms with Gasteiger partial charge >= 0.3 is 0 Å². The van der Waals surface area contributed by atoms with Gasteiger partial charge in [-0.3, -0.25) is 4.99 Å². The fourth-order valence-corrected chi connectivity index (χ4v) is 1.97. The Balaban J connectivity index is 3.64. The van der Waals surface area contributed by atoms with Gasteiger partial charge < -0.3 is 11.1 Å². The SMILES string of the molecule is CCCCCCN=C(N)NCCS(=O)(=O)CC. The van der Waals surface area contributed by atoms with E-state index in [1.807, 2.05) is 0 Å². The average Bonchev–Trinajstić information content (AvgIpc) is 2.28. The number of hydrogen-bond acceptors (Lipinski definition) is 3. The van der Waals surface area contributed by atoms with Gasteiger partial charge in [0.15, 0.2) is 15.8 Å². The van der Waals surface area contributed by atoms with Gasteiger partial charge in [0.05, 0.1) is 5.75 Å². The van der Waals surface area contributed by atoms with Crippen LogP contribution in [0.4, 0.5) is 0 Å². The molecule has 0 rings (SSSR count). The lowest BCUT2D eigenvalue weighted by Gasteiger charge is -2.05. The topological polar surface area (TPSA) is 84.5 Å². The molecule has 0 aromatic rings. The van der Waals surface area contributed by atoms with Crippen molar-refractivity contribution in [2.24, 2.45) is 10.7 Å². The molecule has 0 aromatic heterocycles. The molecule has 17 heavy (non-hydrogen) atoms. The molecule has 0 amide bonds. The Labute approximate surface area is 105 Å². The van der Waals surface area contributed by atoms with Gasteiger partial charge in [-0.1, -0.05) is 33.1 Å². The molecule has 3 N–H and O–H groups in total. The second kappa shape index (κ2) is 9.27. The van der Waals surface area contributed by atoms with Crippen LogP contribution < -0.4 is 11.1 Å². The Morgan fingerprint density at radius 1 is 1.24 bits per heavy atom. The molecule has 6 heteroatoms. The van der Waals surface area contributed by atoms with Crippen LogP contribution in [-0.2, 0) is 9.84 Å². The first-order valence-corrected chi connectivity index (χ1v) is 8.08. The van der Waals surface area contributed by atoms with E-state index < -0.39 is 9.84 Å². The third-order valence-corrected chi connectivity index (χ3v) is 4.16. The maximum absolute atomic E-state index is 11.2. The van der Waals surface area contributed by atoms with Gasteiger partial charge in [-0.25, -0.2) is 8.42 Å². The molecule has 0 saturated heterocycles. The number of rotatable bonds is 9. The molecular weight excluding hydrogens is 238 g/mol. The highest BCUT2D eigenvalue weighted by Crippen LogP contribution is 1.98. The molecule has 102 valence electrons. The molecule has 0 unspecified atom stereocenters. The molecule has 0 atom stereocenters. The minimum Gasteiger partial charge on any atom is -0.370 e. The summed E-state index contributed by atoms with van der Waals surface area (Å²) in [6.45, 7) is 4.84. The molecule has 0 fully saturated rings. The maximum atomic E-state index is 11.2. The third kappa shape index (κ3) is 10.1. The monoisotopic (exact) mass is 263 g/mol. The normalized spacial score (nSPS) is 12.7. The van der Waals surface area contributed by atoms with Gasteiger partial charge in [-0.05, 0) is 6.42 Å². The highest BCUT2D eigenvalue weighted by Gasteiger charge is 2.06. The first-order valence-electron chi connectivity index (χ1n) is 6.26. The van der Waals surface area contributed by atoms with Crippen LogP contribution in [0.2, 0.25) is 0 Å². The fraction of sp³-hybridized carbons (Fsp3) is 0.909. The minimum atomic E-state index is -2.92. The predicted molar refractivity (Wildman–Crippen MR) is 73.0 cm³/mol. The number of nitrogens with two attached hydrogens (primary N) is 1. The second-order valence-corrected chi connectivity index (χ2v) is 6.46. The summed E-state index contributed by atoms with van der Waals surface area (Å²) in [7, 11) is -2.92. The van der Waals surface area contributed by atoms with Crippen LogP contribution in [0.5, 0.6) is 0 Å². The van der Waals surface area contributed by atoms with Gasteiger partial charge in [0.2, 0.25) is 0 Å². The van der Waals surface area contributed by atoms with E-state index in [0.717, 1.165) is 12.8 Å². The number of nitrogens with one attached hydrogen (secondary N) is 1. The lowest BCUT2D eigenvalue weighted by atomic mass is 10.2. The summed E-state index contributed by atoms with van der Waals surface area (Å²) in [6.07, 6.45) is 4.62. The van der Waals surface area contributed by atoms with Crippen LogP contribution in [0, 0.1) is 0 Å². The summed E-state index contributed by atoms with van der Waals surface area (Å²) in [5.41, 5.74) is 5.60. The highest BCUT2D eigenvalue weighted by molar-refractivity contribution is 7.91. The number of guanidine groups is 1.